The molecule has 0 aromatic carbocycles. The third-order valence-electron chi connectivity index (χ3n) is 3.92. The summed E-state index contributed by atoms with van der Waals surface area (Å²) in [5, 5.41) is 0. The lowest BCUT2D eigenvalue weighted by atomic mass is 10.1. The third-order valence-corrected chi connectivity index (χ3v) is 3.92. The van der Waals surface area contributed by atoms with Gasteiger partial charge >= 0.3 is 11.9 Å². The van der Waals surface area contributed by atoms with Crippen LogP contribution in [-0.4, -0.2) is 49.6 Å². The summed E-state index contributed by atoms with van der Waals surface area (Å²) >= 11 is 0. The van der Waals surface area contributed by atoms with Crippen LogP contribution < -0.4 is 0 Å². The van der Waals surface area contributed by atoms with E-state index in [9.17, 15) is 9.59 Å². The molecule has 126 valence electrons. The van der Waals surface area contributed by atoms with Crippen molar-refractivity contribution in [3.8, 4) is 0 Å². The van der Waals surface area contributed by atoms with Gasteiger partial charge in [0.2, 0.25) is 11.5 Å². The van der Waals surface area contributed by atoms with Gasteiger partial charge in [-0.05, 0) is 24.3 Å². The molecule has 0 saturated carbocycles. The van der Waals surface area contributed by atoms with Gasteiger partial charge in [-0.2, -0.15) is 0 Å². The number of esters is 2. The van der Waals surface area contributed by atoms with E-state index in [1.165, 1.54) is 24.7 Å². The van der Waals surface area contributed by atoms with Gasteiger partial charge in [0, 0.05) is 0 Å². The fraction of sp³-hybridized carbons (Fsp3) is 0.375. The minimum atomic E-state index is -0.589. The van der Waals surface area contributed by atoms with Crippen molar-refractivity contribution in [3.63, 3.8) is 0 Å². The van der Waals surface area contributed by atoms with Crippen molar-refractivity contribution >= 4 is 11.9 Å². The number of carbonyl (C=O) groups excluding carboxylic acids is 2. The van der Waals surface area contributed by atoms with E-state index in [0.717, 1.165) is 0 Å². The molecule has 2 aliphatic heterocycles. The normalized spacial score (nSPS) is 28.5. The summed E-state index contributed by atoms with van der Waals surface area (Å²) in [6.07, 6.45) is 0.637. The Hall–Kier alpha value is -2.58. The van der Waals surface area contributed by atoms with Crippen LogP contribution in [0.4, 0.5) is 0 Å². The third kappa shape index (κ3) is 2.70. The van der Waals surface area contributed by atoms with Crippen molar-refractivity contribution < 1.29 is 37.4 Å². The number of hydrogen-bond acceptors (Lipinski definition) is 8. The highest BCUT2D eigenvalue weighted by molar-refractivity contribution is 5.86. The maximum atomic E-state index is 11.9. The molecule has 8 nitrogen and oxygen atoms in total. The van der Waals surface area contributed by atoms with Gasteiger partial charge < -0.3 is 27.8 Å². The van der Waals surface area contributed by atoms with E-state index >= 15 is 0 Å². The van der Waals surface area contributed by atoms with Crippen LogP contribution in [-0.2, 0) is 18.9 Å². The first kappa shape index (κ1) is 15.0. The van der Waals surface area contributed by atoms with Crippen LogP contribution in [0.2, 0.25) is 0 Å². The maximum Gasteiger partial charge on any atom is 0.374 e. The molecule has 24 heavy (non-hydrogen) atoms. The summed E-state index contributed by atoms with van der Waals surface area (Å²) in [7, 11) is 0. The van der Waals surface area contributed by atoms with Crippen molar-refractivity contribution in [3.05, 3.63) is 48.3 Å². The van der Waals surface area contributed by atoms with Gasteiger partial charge in [0.25, 0.3) is 0 Å². The van der Waals surface area contributed by atoms with Gasteiger partial charge in [-0.1, -0.05) is 0 Å². The first-order valence-corrected chi connectivity index (χ1v) is 7.44. The van der Waals surface area contributed by atoms with Crippen molar-refractivity contribution in [2.24, 2.45) is 0 Å². The van der Waals surface area contributed by atoms with Crippen LogP contribution in [0.5, 0.6) is 0 Å². The smallest absolute Gasteiger partial charge is 0.374 e. The Morgan fingerprint density at radius 2 is 1.29 bits per heavy atom. The Bertz CT molecular complexity index is 642. The monoisotopic (exact) mass is 334 g/mol. The van der Waals surface area contributed by atoms with Crippen LogP contribution in [0, 0.1) is 0 Å². The molecule has 0 unspecified atom stereocenters. The number of rotatable bonds is 4. The molecule has 0 aliphatic carbocycles. The Morgan fingerprint density at radius 1 is 0.833 bits per heavy atom. The van der Waals surface area contributed by atoms with E-state index in [4.69, 9.17) is 27.8 Å². The molecule has 2 aromatic rings. The molecule has 0 radical (unpaired) electrons. The number of ether oxygens (including phenoxy) is 4. The molecule has 2 aliphatic rings. The fourth-order valence-electron chi connectivity index (χ4n) is 2.81. The van der Waals surface area contributed by atoms with Crippen LogP contribution in [0.1, 0.15) is 21.1 Å². The minimum Gasteiger partial charge on any atom is -0.457 e. The van der Waals surface area contributed by atoms with E-state index in [0.29, 0.717) is 0 Å². The van der Waals surface area contributed by atoms with Crippen molar-refractivity contribution in [2.45, 2.75) is 24.4 Å². The Morgan fingerprint density at radius 3 is 1.67 bits per heavy atom. The summed E-state index contributed by atoms with van der Waals surface area (Å²) < 4.78 is 31.9. The maximum absolute atomic E-state index is 11.9. The van der Waals surface area contributed by atoms with Gasteiger partial charge in [0.05, 0.1) is 25.7 Å². The van der Waals surface area contributed by atoms with Gasteiger partial charge in [0.1, 0.15) is 12.2 Å². The summed E-state index contributed by atoms with van der Waals surface area (Å²) in [6, 6.07) is 6.22. The predicted molar refractivity (Wildman–Crippen MR) is 75.3 cm³/mol. The molecule has 8 heteroatoms. The second kappa shape index (κ2) is 6.14. The zero-order valence-electron chi connectivity index (χ0n) is 12.5. The van der Waals surface area contributed by atoms with Crippen molar-refractivity contribution in [2.75, 3.05) is 13.2 Å². The van der Waals surface area contributed by atoms with Gasteiger partial charge in [-0.3, -0.25) is 0 Å². The highest BCUT2D eigenvalue weighted by Crippen LogP contribution is 2.31. The molecule has 0 bridgehead atoms. The SMILES string of the molecule is O=C(O[C@@H]1CO[C@H]2[C@@H]1OC[C@H]2OC(=O)c1ccco1)c1ccco1. The molecule has 4 heterocycles. The quantitative estimate of drug-likeness (QED) is 0.775. The highest BCUT2D eigenvalue weighted by Gasteiger charge is 2.51. The summed E-state index contributed by atoms with van der Waals surface area (Å²) in [5.74, 6) is -0.961. The first-order valence-electron chi connectivity index (χ1n) is 7.44. The summed E-state index contributed by atoms with van der Waals surface area (Å²) in [4.78, 5) is 23.9. The van der Waals surface area contributed by atoms with Crippen LogP contribution >= 0.6 is 0 Å². The Balaban J connectivity index is 1.37. The number of carbonyl (C=O) groups is 2. The lowest BCUT2D eigenvalue weighted by Gasteiger charge is -2.16. The summed E-state index contributed by atoms with van der Waals surface area (Å²) in [5.41, 5.74) is 0. The second-order valence-corrected chi connectivity index (χ2v) is 5.44. The number of hydrogen-bond donors (Lipinski definition) is 0. The molecule has 2 aromatic heterocycles. The minimum absolute atomic E-state index is 0.109. The topological polar surface area (TPSA) is 97.3 Å². The molecule has 2 fully saturated rings. The molecule has 2 saturated heterocycles. The molecule has 0 amide bonds. The fourth-order valence-corrected chi connectivity index (χ4v) is 2.81. The summed E-state index contributed by atoms with van der Waals surface area (Å²) in [6.45, 7) is 0.327. The molecule has 4 rings (SSSR count). The van der Waals surface area contributed by atoms with Gasteiger partial charge in [0.15, 0.2) is 12.2 Å². The second-order valence-electron chi connectivity index (χ2n) is 5.44. The van der Waals surface area contributed by atoms with Crippen molar-refractivity contribution in [1.82, 2.24) is 0 Å². The van der Waals surface area contributed by atoms with E-state index in [1.807, 2.05) is 0 Å². The van der Waals surface area contributed by atoms with Gasteiger partial charge in [-0.25, -0.2) is 9.59 Å². The van der Waals surface area contributed by atoms with Gasteiger partial charge in [-0.15, -0.1) is 0 Å². The van der Waals surface area contributed by atoms with Crippen LogP contribution in [0.15, 0.2) is 45.6 Å². The highest BCUT2D eigenvalue weighted by atomic mass is 16.7. The lowest BCUT2D eigenvalue weighted by Crippen LogP contribution is -2.35. The number of fused-ring (bicyclic) bond motifs is 1. The average molecular weight is 334 g/mol. The molecular weight excluding hydrogens is 320 g/mol. The Kier molecular flexibility index (Phi) is 3.83. The molecule has 0 spiro atoms. The van der Waals surface area contributed by atoms with E-state index in [-0.39, 0.29) is 24.7 Å². The Labute approximate surface area is 136 Å². The zero-order chi connectivity index (χ0) is 16.5. The van der Waals surface area contributed by atoms with Crippen LogP contribution in [0.25, 0.3) is 0 Å². The van der Waals surface area contributed by atoms with Crippen molar-refractivity contribution in [1.29, 1.82) is 0 Å². The zero-order valence-corrected chi connectivity index (χ0v) is 12.5. The van der Waals surface area contributed by atoms with Crippen LogP contribution in [0.3, 0.4) is 0 Å². The molecular formula is C16H14O8. The molecule has 0 N–H and O–H groups in total. The van der Waals surface area contributed by atoms with E-state index < -0.39 is 36.4 Å². The average Bonchev–Trinajstić information content (AvgIpc) is 3.36. The lowest BCUT2D eigenvalue weighted by molar-refractivity contribution is -0.0307. The molecule has 4 atom stereocenters. The predicted octanol–water partition coefficient (Wildman–Crippen LogP) is 1.42. The number of furan rings is 2. The van der Waals surface area contributed by atoms with E-state index in [1.54, 1.807) is 12.1 Å². The first-order chi connectivity index (χ1) is 11.7. The standard InChI is InChI=1S/C16H14O8/c17-15(9-3-1-5-19-9)23-11-7-21-14-12(8-22-13(11)14)24-16(18)10-4-2-6-20-10/h1-6,11-14H,7-8H2/t11-,12-,13-,14-/m1/s1. The van der Waals surface area contributed by atoms with E-state index in [2.05, 4.69) is 0 Å². The largest absolute Gasteiger partial charge is 0.457 e.